The van der Waals surface area contributed by atoms with E-state index in [1.165, 1.54) is 24.5 Å². The number of halogens is 2. The van der Waals surface area contributed by atoms with Gasteiger partial charge in [-0.2, -0.15) is 5.10 Å². The molecule has 10 nitrogen and oxygen atoms in total. The van der Waals surface area contributed by atoms with Gasteiger partial charge in [-0.1, -0.05) is 6.07 Å². The summed E-state index contributed by atoms with van der Waals surface area (Å²) in [6.45, 7) is 0.999. The lowest BCUT2D eigenvalue weighted by molar-refractivity contribution is 0.0554. The fourth-order valence-electron chi connectivity index (χ4n) is 4.92. The van der Waals surface area contributed by atoms with Gasteiger partial charge in [0, 0.05) is 30.8 Å². The molecule has 0 aliphatic carbocycles. The van der Waals surface area contributed by atoms with E-state index >= 15 is 4.39 Å². The molecule has 0 unspecified atom stereocenters. The van der Waals surface area contributed by atoms with Gasteiger partial charge in [0.15, 0.2) is 5.78 Å². The van der Waals surface area contributed by atoms with E-state index in [9.17, 15) is 9.18 Å². The summed E-state index contributed by atoms with van der Waals surface area (Å²) in [4.78, 5) is 25.2. The molecule has 0 amide bonds. The molecule has 0 saturated carbocycles. The number of hydrogen-bond donors (Lipinski definition) is 1. The molecule has 3 aromatic rings. The SMILES string of the molecule is Cn1cc([C@@H]2OC[C@H]3OC(N)=N[C@](C)(c4cc(CC(=O)c5cnc(OCF)cn5)ccc4F)[C@H]32)cn1. The summed E-state index contributed by atoms with van der Waals surface area (Å²) in [7, 11) is 1.80. The highest BCUT2D eigenvalue weighted by molar-refractivity contribution is 5.95. The van der Waals surface area contributed by atoms with E-state index in [0.717, 1.165) is 5.56 Å². The van der Waals surface area contributed by atoms with Crippen LogP contribution in [-0.2, 0) is 28.5 Å². The number of fused-ring (bicyclic) bond motifs is 1. The molecule has 1 saturated heterocycles. The molecule has 2 N–H and O–H groups in total. The second-order valence-corrected chi connectivity index (χ2v) is 8.89. The number of carbonyl (C=O) groups is 1. The van der Waals surface area contributed by atoms with Crippen LogP contribution in [0.25, 0.3) is 0 Å². The molecule has 4 atom stereocenters. The second kappa shape index (κ2) is 9.26. The van der Waals surface area contributed by atoms with Crippen LogP contribution in [0.4, 0.5) is 8.78 Å². The first-order chi connectivity index (χ1) is 17.3. The number of rotatable bonds is 7. The van der Waals surface area contributed by atoms with E-state index in [0.29, 0.717) is 5.56 Å². The molecule has 1 fully saturated rings. The maximum atomic E-state index is 15.3. The molecule has 1 aromatic carbocycles. The van der Waals surface area contributed by atoms with Gasteiger partial charge >= 0.3 is 0 Å². The molecule has 0 bridgehead atoms. The molecule has 2 aliphatic heterocycles. The molecule has 36 heavy (non-hydrogen) atoms. The van der Waals surface area contributed by atoms with Crippen molar-refractivity contribution in [2.24, 2.45) is 23.7 Å². The van der Waals surface area contributed by atoms with Crippen molar-refractivity contribution >= 4 is 11.8 Å². The zero-order valence-corrected chi connectivity index (χ0v) is 19.6. The second-order valence-electron chi connectivity index (χ2n) is 8.89. The molecule has 0 spiro atoms. The predicted molar refractivity (Wildman–Crippen MR) is 122 cm³/mol. The van der Waals surface area contributed by atoms with Crippen LogP contribution >= 0.6 is 0 Å². The molecule has 2 aromatic heterocycles. The average molecular weight is 498 g/mol. The molecule has 12 heteroatoms. The van der Waals surface area contributed by atoms with Crippen LogP contribution in [0.5, 0.6) is 5.88 Å². The molecule has 4 heterocycles. The fraction of sp³-hybridized carbons (Fsp3) is 0.375. The largest absolute Gasteiger partial charge is 0.459 e. The topological polar surface area (TPSA) is 127 Å². The number of carbonyl (C=O) groups excluding carboxylic acids is 1. The van der Waals surface area contributed by atoms with Crippen molar-refractivity contribution in [3.63, 3.8) is 0 Å². The van der Waals surface area contributed by atoms with Gasteiger partial charge < -0.3 is 19.9 Å². The number of nitrogens with zero attached hydrogens (tertiary/aromatic N) is 5. The van der Waals surface area contributed by atoms with Crippen LogP contribution in [0.15, 0.2) is 48.0 Å². The zero-order valence-electron chi connectivity index (χ0n) is 19.6. The van der Waals surface area contributed by atoms with Crippen LogP contribution < -0.4 is 10.5 Å². The molecular weight excluding hydrogens is 474 g/mol. The van der Waals surface area contributed by atoms with Gasteiger partial charge in [0.1, 0.15) is 23.2 Å². The van der Waals surface area contributed by atoms with Crippen molar-refractivity contribution in [3.05, 3.63) is 71.2 Å². The predicted octanol–water partition coefficient (Wildman–Crippen LogP) is 2.40. The van der Waals surface area contributed by atoms with Crippen molar-refractivity contribution in [2.75, 3.05) is 13.5 Å². The first-order valence-corrected chi connectivity index (χ1v) is 11.2. The average Bonchev–Trinajstić information content (AvgIpc) is 3.47. The van der Waals surface area contributed by atoms with Crippen LogP contribution in [0.2, 0.25) is 0 Å². The number of ketones is 1. The number of alkyl halides is 1. The number of ether oxygens (including phenoxy) is 3. The summed E-state index contributed by atoms with van der Waals surface area (Å²) >= 11 is 0. The Morgan fingerprint density at radius 2 is 2.14 bits per heavy atom. The number of aliphatic imine (C=N–C) groups is 1. The van der Waals surface area contributed by atoms with E-state index < -0.39 is 36.3 Å². The van der Waals surface area contributed by atoms with Gasteiger partial charge in [-0.05, 0) is 24.6 Å². The number of aryl methyl sites for hydroxylation is 1. The quantitative estimate of drug-likeness (QED) is 0.492. The van der Waals surface area contributed by atoms with Crippen molar-refractivity contribution in [1.29, 1.82) is 0 Å². The summed E-state index contributed by atoms with van der Waals surface area (Å²) in [5, 5.41) is 4.23. The van der Waals surface area contributed by atoms with E-state index in [-0.39, 0.29) is 42.0 Å². The summed E-state index contributed by atoms with van der Waals surface area (Å²) < 4.78 is 45.7. The number of benzene rings is 1. The Morgan fingerprint density at radius 3 is 2.83 bits per heavy atom. The first-order valence-electron chi connectivity index (χ1n) is 11.2. The minimum absolute atomic E-state index is 0.0301. The lowest BCUT2D eigenvalue weighted by Gasteiger charge is -2.41. The molecule has 2 aliphatic rings. The Hall–Kier alpha value is -3.93. The smallest absolute Gasteiger partial charge is 0.283 e. The van der Waals surface area contributed by atoms with Crippen LogP contribution in [-0.4, -0.2) is 51.1 Å². The summed E-state index contributed by atoms with van der Waals surface area (Å²) in [6.07, 6.45) is 4.97. The minimum Gasteiger partial charge on any atom is -0.459 e. The third kappa shape index (κ3) is 4.28. The first kappa shape index (κ1) is 23.8. The van der Waals surface area contributed by atoms with E-state index in [2.05, 4.69) is 24.8 Å². The van der Waals surface area contributed by atoms with Crippen LogP contribution in [0.1, 0.15) is 40.2 Å². The van der Waals surface area contributed by atoms with E-state index in [1.54, 1.807) is 30.9 Å². The highest BCUT2D eigenvalue weighted by atomic mass is 19.1. The number of hydrogen-bond acceptors (Lipinski definition) is 9. The van der Waals surface area contributed by atoms with Crippen LogP contribution in [0, 0.1) is 11.7 Å². The summed E-state index contributed by atoms with van der Waals surface area (Å²) in [5.41, 5.74) is 6.58. The maximum Gasteiger partial charge on any atom is 0.283 e. The molecule has 0 radical (unpaired) electrons. The Balaban J connectivity index is 1.47. The lowest BCUT2D eigenvalue weighted by atomic mass is 9.73. The zero-order chi connectivity index (χ0) is 25.4. The highest BCUT2D eigenvalue weighted by Gasteiger charge is 2.55. The molecule has 188 valence electrons. The van der Waals surface area contributed by atoms with Gasteiger partial charge in [0.05, 0.1) is 37.2 Å². The number of aromatic nitrogens is 4. The Bertz CT molecular complexity index is 1310. The molecular formula is C24H24F2N6O4. The summed E-state index contributed by atoms with van der Waals surface area (Å²) in [5.74, 6) is -1.27. The van der Waals surface area contributed by atoms with E-state index in [1.807, 2.05) is 6.20 Å². The van der Waals surface area contributed by atoms with Gasteiger partial charge in [-0.15, -0.1) is 0 Å². The van der Waals surface area contributed by atoms with Crippen molar-refractivity contribution in [3.8, 4) is 5.88 Å². The standard InChI is InChI=1S/C24H24F2N6O4/c1-24(21-19(36-23(27)31-24)11-34-22(21)14-7-30-32(2)10-14)15-5-13(3-4-16(15)26)6-18(33)17-8-29-20(9-28-17)35-12-25/h3-5,7-10,19,21-22H,6,11-12H2,1-2H3,(H2,27,31)/t19-,21-,22+,24-/m1/s1. The number of amidine groups is 1. The van der Waals surface area contributed by atoms with Crippen LogP contribution in [0.3, 0.4) is 0 Å². The Labute approximate surface area is 205 Å². The Kier molecular flexibility index (Phi) is 6.12. The van der Waals surface area contributed by atoms with Gasteiger partial charge in [-0.25, -0.2) is 23.7 Å². The third-order valence-corrected chi connectivity index (χ3v) is 6.54. The lowest BCUT2D eigenvalue weighted by Crippen LogP contribution is -2.48. The normalized spacial score (nSPS) is 25.1. The highest BCUT2D eigenvalue weighted by Crippen LogP contribution is 2.51. The van der Waals surface area contributed by atoms with Crippen molar-refractivity contribution in [2.45, 2.75) is 31.1 Å². The Morgan fingerprint density at radius 1 is 1.31 bits per heavy atom. The van der Waals surface area contributed by atoms with E-state index in [4.69, 9.17) is 15.2 Å². The van der Waals surface area contributed by atoms with Gasteiger partial charge in [-0.3, -0.25) is 9.48 Å². The molecule has 5 rings (SSSR count). The third-order valence-electron chi connectivity index (χ3n) is 6.54. The van der Waals surface area contributed by atoms with Crippen molar-refractivity contribution in [1.82, 2.24) is 19.7 Å². The number of nitrogens with two attached hydrogens (primary N) is 1. The van der Waals surface area contributed by atoms with Gasteiger partial charge in [0.2, 0.25) is 12.7 Å². The van der Waals surface area contributed by atoms with Gasteiger partial charge in [0.25, 0.3) is 6.02 Å². The minimum atomic E-state index is -1.14. The fourth-order valence-corrected chi connectivity index (χ4v) is 4.92. The van der Waals surface area contributed by atoms with Crippen molar-refractivity contribution < 1.29 is 27.8 Å². The number of Topliss-reactive ketones (excluding diaryl/α,β-unsaturated/α-hetero) is 1. The summed E-state index contributed by atoms with van der Waals surface area (Å²) in [6, 6.07) is 4.39. The monoisotopic (exact) mass is 498 g/mol. The maximum absolute atomic E-state index is 15.3.